The van der Waals surface area contributed by atoms with Gasteiger partial charge in [-0.05, 0) is 45.4 Å². The molecule has 0 spiro atoms. The van der Waals surface area contributed by atoms with Crippen LogP contribution < -0.4 is 0 Å². The predicted octanol–water partition coefficient (Wildman–Crippen LogP) is 3.10. The molecule has 0 aliphatic heterocycles. The van der Waals surface area contributed by atoms with Crippen molar-refractivity contribution < 1.29 is 8.60 Å². The maximum atomic E-state index is 12.7. The van der Waals surface area contributed by atoms with Gasteiger partial charge in [-0.15, -0.1) is 0 Å². The molecule has 0 aliphatic rings. The Morgan fingerprint density at radius 3 is 2.19 bits per heavy atom. The third-order valence-corrected chi connectivity index (χ3v) is 3.49. The average Bonchev–Trinajstić information content (AvgIpc) is 2.17. The van der Waals surface area contributed by atoms with Crippen LogP contribution in [-0.2, 0) is 11.0 Å². The molecule has 0 aromatic heterocycles. The maximum Gasteiger partial charge on any atom is 0.145 e. The summed E-state index contributed by atoms with van der Waals surface area (Å²) in [6, 6.07) is 6.00. The zero-order valence-corrected chi connectivity index (χ0v) is 10.8. The Hall–Kier alpha value is -1.03. The van der Waals surface area contributed by atoms with E-state index in [0.29, 0.717) is 5.71 Å². The lowest BCUT2D eigenvalue weighted by Crippen LogP contribution is -2.20. The highest BCUT2D eigenvalue weighted by atomic mass is 32.2. The van der Waals surface area contributed by atoms with Crippen LogP contribution in [0.3, 0.4) is 0 Å². The molecule has 0 aliphatic carbocycles. The second-order valence-corrected chi connectivity index (χ2v) is 6.45. The second-order valence-electron chi connectivity index (χ2n) is 4.55. The lowest BCUT2D eigenvalue weighted by Gasteiger charge is -2.14. The van der Waals surface area contributed by atoms with Crippen molar-refractivity contribution in [2.24, 2.45) is 4.40 Å². The predicted molar refractivity (Wildman–Crippen MR) is 66.5 cm³/mol. The third kappa shape index (κ3) is 3.52. The van der Waals surface area contributed by atoms with E-state index in [4.69, 9.17) is 0 Å². The molecule has 0 N–H and O–H groups in total. The molecule has 16 heavy (non-hydrogen) atoms. The van der Waals surface area contributed by atoms with Crippen molar-refractivity contribution in [1.82, 2.24) is 0 Å². The van der Waals surface area contributed by atoms with Crippen LogP contribution in [0.4, 0.5) is 4.39 Å². The van der Waals surface area contributed by atoms with Gasteiger partial charge < -0.3 is 0 Å². The SMILES string of the molecule is CC(=N[S@@](=O)C(C)(C)C)c1ccc(F)cc1. The molecule has 0 heterocycles. The van der Waals surface area contributed by atoms with Crippen LogP contribution in [0, 0.1) is 5.82 Å². The van der Waals surface area contributed by atoms with E-state index < -0.39 is 11.0 Å². The van der Waals surface area contributed by atoms with Crippen LogP contribution in [0.25, 0.3) is 0 Å². The average molecular weight is 241 g/mol. The Bertz CT molecular complexity index is 418. The molecule has 1 aromatic carbocycles. The molecule has 0 radical (unpaired) electrons. The standard InChI is InChI=1S/C12H16FNOS/c1-9(14-16(15)12(2,3)4)10-5-7-11(13)8-6-10/h5-8H,1-4H3/t16-/m0/s1. The van der Waals surface area contributed by atoms with Gasteiger partial charge in [0.05, 0.1) is 10.5 Å². The van der Waals surface area contributed by atoms with Gasteiger partial charge in [0, 0.05) is 0 Å². The van der Waals surface area contributed by atoms with Gasteiger partial charge in [0.25, 0.3) is 0 Å². The second kappa shape index (κ2) is 4.87. The number of hydrogen-bond acceptors (Lipinski definition) is 1. The summed E-state index contributed by atoms with van der Waals surface area (Å²) in [7, 11) is -1.28. The van der Waals surface area contributed by atoms with E-state index in [1.807, 2.05) is 20.8 Å². The minimum absolute atomic E-state index is 0.284. The topological polar surface area (TPSA) is 29.4 Å². The normalized spacial score (nSPS) is 14.9. The van der Waals surface area contributed by atoms with E-state index in [9.17, 15) is 8.60 Å². The van der Waals surface area contributed by atoms with Crippen LogP contribution >= 0.6 is 0 Å². The Morgan fingerprint density at radius 1 is 1.25 bits per heavy atom. The van der Waals surface area contributed by atoms with Crippen LogP contribution in [0.15, 0.2) is 28.7 Å². The van der Waals surface area contributed by atoms with E-state index in [0.717, 1.165) is 5.56 Å². The maximum absolute atomic E-state index is 12.7. The fourth-order valence-corrected chi connectivity index (χ4v) is 1.63. The molecule has 1 rings (SSSR count). The molecule has 4 heteroatoms. The minimum atomic E-state index is -1.28. The molecule has 0 bridgehead atoms. The molecule has 0 fully saturated rings. The smallest absolute Gasteiger partial charge is 0.145 e. The first kappa shape index (κ1) is 13.0. The monoisotopic (exact) mass is 241 g/mol. The molecule has 0 amide bonds. The molecule has 2 nitrogen and oxygen atoms in total. The minimum Gasteiger partial charge on any atom is -0.234 e. The van der Waals surface area contributed by atoms with E-state index >= 15 is 0 Å². The summed E-state index contributed by atoms with van der Waals surface area (Å²) in [6.45, 7) is 7.37. The van der Waals surface area contributed by atoms with Gasteiger partial charge in [0.1, 0.15) is 16.8 Å². The quantitative estimate of drug-likeness (QED) is 0.732. The number of benzene rings is 1. The highest BCUT2D eigenvalue weighted by Crippen LogP contribution is 2.14. The van der Waals surface area contributed by atoms with Crippen molar-refractivity contribution in [2.45, 2.75) is 32.4 Å². The van der Waals surface area contributed by atoms with Crippen molar-refractivity contribution >= 4 is 16.7 Å². The Morgan fingerprint density at radius 2 is 1.75 bits per heavy atom. The Labute approximate surface area is 98.2 Å². The molecule has 0 unspecified atom stereocenters. The molecular weight excluding hydrogens is 225 g/mol. The van der Waals surface area contributed by atoms with Crippen LogP contribution in [0.5, 0.6) is 0 Å². The van der Waals surface area contributed by atoms with E-state index in [1.54, 1.807) is 19.1 Å². The van der Waals surface area contributed by atoms with Crippen LogP contribution in [-0.4, -0.2) is 14.7 Å². The summed E-state index contributed by atoms with van der Waals surface area (Å²) < 4.78 is 28.2. The summed E-state index contributed by atoms with van der Waals surface area (Å²) in [5.41, 5.74) is 1.45. The summed E-state index contributed by atoms with van der Waals surface area (Å²) in [5, 5.41) is 0. The van der Waals surface area contributed by atoms with Crippen molar-refractivity contribution in [1.29, 1.82) is 0 Å². The highest BCUT2D eigenvalue weighted by Gasteiger charge is 2.19. The van der Waals surface area contributed by atoms with Gasteiger partial charge in [-0.1, -0.05) is 12.1 Å². The molecular formula is C12H16FNOS. The first-order valence-corrected chi connectivity index (χ1v) is 6.14. The van der Waals surface area contributed by atoms with Crippen molar-refractivity contribution in [2.75, 3.05) is 0 Å². The summed E-state index contributed by atoms with van der Waals surface area (Å²) >= 11 is 0. The lowest BCUT2D eigenvalue weighted by molar-refractivity contribution is 0.628. The fourth-order valence-electron chi connectivity index (χ4n) is 1.01. The van der Waals surface area contributed by atoms with Crippen LogP contribution in [0.2, 0.25) is 0 Å². The number of hydrogen-bond donors (Lipinski definition) is 0. The van der Waals surface area contributed by atoms with E-state index in [1.165, 1.54) is 12.1 Å². The van der Waals surface area contributed by atoms with Crippen LogP contribution in [0.1, 0.15) is 33.3 Å². The van der Waals surface area contributed by atoms with Gasteiger partial charge in [0.2, 0.25) is 0 Å². The van der Waals surface area contributed by atoms with Crippen molar-refractivity contribution in [3.05, 3.63) is 35.6 Å². The van der Waals surface area contributed by atoms with Crippen molar-refractivity contribution in [3.63, 3.8) is 0 Å². The zero-order valence-electron chi connectivity index (χ0n) is 9.95. The molecule has 0 saturated carbocycles. The zero-order chi connectivity index (χ0) is 12.3. The summed E-state index contributed by atoms with van der Waals surface area (Å²) in [6.07, 6.45) is 0. The Balaban J connectivity index is 2.94. The lowest BCUT2D eigenvalue weighted by atomic mass is 10.1. The number of halogens is 1. The molecule has 1 atom stereocenters. The fraction of sp³-hybridized carbons (Fsp3) is 0.417. The Kier molecular flexibility index (Phi) is 3.97. The first-order chi connectivity index (χ1) is 7.30. The van der Waals surface area contributed by atoms with Gasteiger partial charge in [-0.3, -0.25) is 0 Å². The van der Waals surface area contributed by atoms with E-state index in [-0.39, 0.29) is 10.6 Å². The van der Waals surface area contributed by atoms with Gasteiger partial charge in [-0.2, -0.15) is 4.40 Å². The highest BCUT2D eigenvalue weighted by molar-refractivity contribution is 7.85. The molecule has 1 aromatic rings. The summed E-state index contributed by atoms with van der Waals surface area (Å²) in [4.78, 5) is 0. The van der Waals surface area contributed by atoms with Gasteiger partial charge in [0.15, 0.2) is 0 Å². The van der Waals surface area contributed by atoms with Crippen molar-refractivity contribution in [3.8, 4) is 0 Å². The number of rotatable bonds is 2. The van der Waals surface area contributed by atoms with Gasteiger partial charge in [-0.25, -0.2) is 8.60 Å². The number of nitrogens with zero attached hydrogens (tertiary/aromatic N) is 1. The molecule has 0 saturated heterocycles. The van der Waals surface area contributed by atoms with Gasteiger partial charge >= 0.3 is 0 Å². The first-order valence-electron chi connectivity index (χ1n) is 5.04. The third-order valence-electron chi connectivity index (χ3n) is 2.01. The molecule has 88 valence electrons. The van der Waals surface area contributed by atoms with E-state index in [2.05, 4.69) is 4.40 Å². The largest absolute Gasteiger partial charge is 0.234 e. The summed E-state index contributed by atoms with van der Waals surface area (Å²) in [5.74, 6) is -0.284.